The molecule has 3 aromatic rings. The van der Waals surface area contributed by atoms with Crippen LogP contribution in [-0.4, -0.2) is 5.16 Å². The zero-order chi connectivity index (χ0) is 15.0. The minimum Gasteiger partial charge on any atom is -0.367 e. The average molecular weight is 299 g/mol. The van der Waals surface area contributed by atoms with Crippen molar-refractivity contribution < 1.29 is 4.52 Å². The SMILES string of the molecule is Cc1cccc(-c2c(-c3ccc(C)c(Cl)c3)noc2N)c1. The van der Waals surface area contributed by atoms with Gasteiger partial charge in [0.05, 0.1) is 5.56 Å². The molecule has 1 heterocycles. The van der Waals surface area contributed by atoms with Gasteiger partial charge in [-0.1, -0.05) is 58.7 Å². The number of rotatable bonds is 2. The average Bonchev–Trinajstić information content (AvgIpc) is 2.84. The van der Waals surface area contributed by atoms with E-state index in [2.05, 4.69) is 11.2 Å². The van der Waals surface area contributed by atoms with Crippen molar-refractivity contribution in [3.63, 3.8) is 0 Å². The van der Waals surface area contributed by atoms with Gasteiger partial charge in [-0.05, 0) is 31.0 Å². The first-order valence-corrected chi connectivity index (χ1v) is 7.03. The van der Waals surface area contributed by atoms with Gasteiger partial charge in [-0.2, -0.15) is 0 Å². The largest absolute Gasteiger partial charge is 0.367 e. The number of benzene rings is 2. The van der Waals surface area contributed by atoms with Crippen molar-refractivity contribution in [2.45, 2.75) is 13.8 Å². The van der Waals surface area contributed by atoms with Gasteiger partial charge in [-0.25, -0.2) is 0 Å². The molecule has 0 bridgehead atoms. The summed E-state index contributed by atoms with van der Waals surface area (Å²) in [7, 11) is 0. The number of aromatic nitrogens is 1. The Hall–Kier alpha value is -2.26. The second-order valence-electron chi connectivity index (χ2n) is 5.10. The summed E-state index contributed by atoms with van der Waals surface area (Å²) in [5, 5.41) is 4.80. The number of anilines is 1. The molecular formula is C17H15ClN2O. The smallest absolute Gasteiger partial charge is 0.230 e. The standard InChI is InChI=1S/C17H15ClN2O/c1-10-4-3-5-12(8-10)15-16(20-21-17(15)19)13-7-6-11(2)14(18)9-13/h3-9H,19H2,1-2H3. The Balaban J connectivity index is 2.19. The minimum atomic E-state index is 0.312. The van der Waals surface area contributed by atoms with Crippen LogP contribution in [0.1, 0.15) is 11.1 Å². The second kappa shape index (κ2) is 5.26. The van der Waals surface area contributed by atoms with Crippen LogP contribution in [0.25, 0.3) is 22.4 Å². The number of halogens is 1. The fourth-order valence-electron chi connectivity index (χ4n) is 2.32. The number of nitrogen functional groups attached to an aromatic ring is 1. The van der Waals surface area contributed by atoms with E-state index in [1.54, 1.807) is 0 Å². The third-order valence-corrected chi connectivity index (χ3v) is 3.88. The highest BCUT2D eigenvalue weighted by molar-refractivity contribution is 6.31. The van der Waals surface area contributed by atoms with E-state index in [0.29, 0.717) is 16.6 Å². The molecule has 0 spiro atoms. The number of nitrogens with zero attached hydrogens (tertiary/aromatic N) is 1. The molecule has 0 aliphatic rings. The lowest BCUT2D eigenvalue weighted by atomic mass is 9.99. The van der Waals surface area contributed by atoms with E-state index < -0.39 is 0 Å². The summed E-state index contributed by atoms with van der Waals surface area (Å²) in [5.41, 5.74) is 11.5. The topological polar surface area (TPSA) is 52.0 Å². The highest BCUT2D eigenvalue weighted by atomic mass is 35.5. The maximum Gasteiger partial charge on any atom is 0.230 e. The number of hydrogen-bond acceptors (Lipinski definition) is 3. The van der Waals surface area contributed by atoms with Crippen LogP contribution < -0.4 is 5.73 Å². The van der Waals surface area contributed by atoms with Crippen LogP contribution in [0.4, 0.5) is 5.88 Å². The summed E-state index contributed by atoms with van der Waals surface area (Å²) >= 11 is 6.20. The molecular weight excluding hydrogens is 284 g/mol. The zero-order valence-corrected chi connectivity index (χ0v) is 12.6. The van der Waals surface area contributed by atoms with E-state index in [9.17, 15) is 0 Å². The fraction of sp³-hybridized carbons (Fsp3) is 0.118. The molecule has 2 aromatic carbocycles. The van der Waals surface area contributed by atoms with Gasteiger partial charge in [0.1, 0.15) is 5.69 Å². The first-order valence-electron chi connectivity index (χ1n) is 6.65. The van der Waals surface area contributed by atoms with Gasteiger partial charge >= 0.3 is 0 Å². The molecule has 0 unspecified atom stereocenters. The molecule has 3 rings (SSSR count). The molecule has 0 amide bonds. The molecule has 4 heteroatoms. The van der Waals surface area contributed by atoms with Crippen molar-refractivity contribution in [3.05, 3.63) is 58.6 Å². The predicted octanol–water partition coefficient (Wildman–Crippen LogP) is 4.86. The molecule has 21 heavy (non-hydrogen) atoms. The van der Waals surface area contributed by atoms with Crippen LogP contribution >= 0.6 is 11.6 Å². The quantitative estimate of drug-likeness (QED) is 0.735. The van der Waals surface area contributed by atoms with Crippen molar-refractivity contribution >= 4 is 17.5 Å². The Morgan fingerprint density at radius 2 is 1.86 bits per heavy atom. The van der Waals surface area contributed by atoms with E-state index >= 15 is 0 Å². The van der Waals surface area contributed by atoms with Crippen LogP contribution in [0.15, 0.2) is 47.0 Å². The van der Waals surface area contributed by atoms with E-state index in [4.69, 9.17) is 21.9 Å². The lowest BCUT2D eigenvalue weighted by Crippen LogP contribution is -1.89. The molecule has 3 nitrogen and oxygen atoms in total. The van der Waals surface area contributed by atoms with E-state index in [-0.39, 0.29) is 0 Å². The summed E-state index contributed by atoms with van der Waals surface area (Å²) in [4.78, 5) is 0. The van der Waals surface area contributed by atoms with Crippen LogP contribution in [-0.2, 0) is 0 Å². The van der Waals surface area contributed by atoms with Gasteiger partial charge < -0.3 is 10.3 Å². The molecule has 1 aromatic heterocycles. The predicted molar refractivity (Wildman–Crippen MR) is 86.3 cm³/mol. The molecule has 0 aliphatic carbocycles. The molecule has 106 valence electrons. The molecule has 0 saturated heterocycles. The molecule has 0 radical (unpaired) electrons. The monoisotopic (exact) mass is 298 g/mol. The Kier molecular flexibility index (Phi) is 3.43. The van der Waals surface area contributed by atoms with Gasteiger partial charge in [0.2, 0.25) is 5.88 Å². The molecule has 2 N–H and O–H groups in total. The first kappa shape index (κ1) is 13.7. The summed E-state index contributed by atoms with van der Waals surface area (Å²) in [6.45, 7) is 4.00. The van der Waals surface area contributed by atoms with Crippen molar-refractivity contribution in [1.82, 2.24) is 5.16 Å². The third kappa shape index (κ3) is 2.52. The maximum absolute atomic E-state index is 6.20. The fourth-order valence-corrected chi connectivity index (χ4v) is 2.50. The van der Waals surface area contributed by atoms with Crippen LogP contribution in [0.5, 0.6) is 0 Å². The normalized spacial score (nSPS) is 10.8. The summed E-state index contributed by atoms with van der Waals surface area (Å²) in [6.07, 6.45) is 0. The van der Waals surface area contributed by atoms with Gasteiger partial charge in [0.25, 0.3) is 0 Å². The Labute approximate surface area is 128 Å². The minimum absolute atomic E-state index is 0.312. The second-order valence-corrected chi connectivity index (χ2v) is 5.51. The Morgan fingerprint density at radius 1 is 1.05 bits per heavy atom. The van der Waals surface area contributed by atoms with Crippen molar-refractivity contribution in [1.29, 1.82) is 0 Å². The molecule has 0 fully saturated rings. The zero-order valence-electron chi connectivity index (χ0n) is 11.9. The summed E-state index contributed by atoms with van der Waals surface area (Å²) in [5.74, 6) is 0.312. The van der Waals surface area contributed by atoms with Crippen LogP contribution in [0.3, 0.4) is 0 Å². The lowest BCUT2D eigenvalue weighted by Gasteiger charge is -2.05. The summed E-state index contributed by atoms with van der Waals surface area (Å²) < 4.78 is 5.20. The highest BCUT2D eigenvalue weighted by Crippen LogP contribution is 2.37. The van der Waals surface area contributed by atoms with E-state index in [1.165, 1.54) is 0 Å². The van der Waals surface area contributed by atoms with Crippen molar-refractivity contribution in [2.24, 2.45) is 0 Å². The molecule has 0 saturated carbocycles. The number of nitrogens with two attached hydrogens (primary N) is 1. The van der Waals surface area contributed by atoms with Crippen molar-refractivity contribution in [3.8, 4) is 22.4 Å². The van der Waals surface area contributed by atoms with Gasteiger partial charge in [-0.15, -0.1) is 0 Å². The van der Waals surface area contributed by atoms with Gasteiger partial charge in [0, 0.05) is 10.6 Å². The highest BCUT2D eigenvalue weighted by Gasteiger charge is 2.18. The lowest BCUT2D eigenvalue weighted by molar-refractivity contribution is 0.439. The van der Waals surface area contributed by atoms with Gasteiger partial charge in [0.15, 0.2) is 0 Å². The van der Waals surface area contributed by atoms with Crippen LogP contribution in [0, 0.1) is 13.8 Å². The Morgan fingerprint density at radius 3 is 2.57 bits per heavy atom. The van der Waals surface area contributed by atoms with Crippen molar-refractivity contribution in [2.75, 3.05) is 5.73 Å². The maximum atomic E-state index is 6.20. The van der Waals surface area contributed by atoms with Gasteiger partial charge in [-0.3, -0.25) is 0 Å². The van der Waals surface area contributed by atoms with E-state index in [0.717, 1.165) is 27.8 Å². The van der Waals surface area contributed by atoms with Crippen LogP contribution in [0.2, 0.25) is 5.02 Å². The first-order chi connectivity index (χ1) is 10.1. The molecule has 0 atom stereocenters. The Bertz CT molecular complexity index is 808. The molecule has 0 aliphatic heterocycles. The number of hydrogen-bond donors (Lipinski definition) is 1. The number of aryl methyl sites for hydroxylation is 2. The summed E-state index contributed by atoms with van der Waals surface area (Å²) in [6, 6.07) is 13.9. The van der Waals surface area contributed by atoms with E-state index in [1.807, 2.05) is 50.2 Å². The third-order valence-electron chi connectivity index (χ3n) is 3.47.